The third-order valence-electron chi connectivity index (χ3n) is 5.78. The lowest BCUT2D eigenvalue weighted by atomic mass is 9.94. The zero-order valence-electron chi connectivity index (χ0n) is 19.0. The van der Waals surface area contributed by atoms with Crippen molar-refractivity contribution in [2.75, 3.05) is 0 Å². The maximum Gasteiger partial charge on any atom is 0.303 e. The average Bonchev–Trinajstić information content (AvgIpc) is 2.69. The maximum atomic E-state index is 10.8. The second-order valence-corrected chi connectivity index (χ2v) is 8.55. The van der Waals surface area contributed by atoms with Gasteiger partial charge in [-0.2, -0.15) is 0 Å². The Morgan fingerprint density at radius 1 is 0.690 bits per heavy atom. The van der Waals surface area contributed by atoms with E-state index < -0.39 is 5.97 Å². The Morgan fingerprint density at radius 2 is 1.14 bits per heavy atom. The Balaban J connectivity index is 2.65. The predicted octanol–water partition coefficient (Wildman–Crippen LogP) is 7.61. The van der Waals surface area contributed by atoms with Gasteiger partial charge in [0.25, 0.3) is 0 Å². The lowest BCUT2D eigenvalue weighted by Crippen LogP contribution is -1.99. The first-order valence-corrected chi connectivity index (χ1v) is 12.1. The molecule has 0 aliphatic heterocycles. The largest absolute Gasteiger partial charge is 0.507 e. The number of rotatable bonds is 18. The summed E-state index contributed by atoms with van der Waals surface area (Å²) in [5, 5.41) is 19.7. The highest BCUT2D eigenvalue weighted by Crippen LogP contribution is 2.29. The molecule has 0 fully saturated rings. The number of aliphatic carboxylic acids is 1. The van der Waals surface area contributed by atoms with E-state index in [0.29, 0.717) is 12.2 Å². The highest BCUT2D eigenvalue weighted by atomic mass is 16.4. The monoisotopic (exact) mass is 404 g/mol. The third-order valence-corrected chi connectivity index (χ3v) is 5.78. The summed E-state index contributed by atoms with van der Waals surface area (Å²) in [6.45, 7) is 4.47. The molecule has 3 nitrogen and oxygen atoms in total. The van der Waals surface area contributed by atoms with E-state index >= 15 is 0 Å². The number of carbonyl (C=O) groups is 1. The molecule has 29 heavy (non-hydrogen) atoms. The van der Waals surface area contributed by atoms with Gasteiger partial charge in [-0.3, -0.25) is 4.79 Å². The first-order chi connectivity index (χ1) is 14.1. The molecule has 0 amide bonds. The van der Waals surface area contributed by atoms with Crippen molar-refractivity contribution >= 4 is 5.97 Å². The molecule has 0 heterocycles. The molecule has 0 spiro atoms. The third kappa shape index (κ3) is 11.9. The Hall–Kier alpha value is -1.51. The fourth-order valence-corrected chi connectivity index (χ4v) is 3.99. The molecule has 0 saturated heterocycles. The summed E-state index contributed by atoms with van der Waals surface area (Å²) >= 11 is 0. The normalized spacial score (nSPS) is 11.1. The van der Waals surface area contributed by atoms with Gasteiger partial charge in [0, 0.05) is 6.42 Å². The minimum Gasteiger partial charge on any atom is -0.507 e. The van der Waals surface area contributed by atoms with E-state index in [-0.39, 0.29) is 6.42 Å². The number of phenols is 1. The molecule has 1 aromatic rings. The molecule has 0 unspecified atom stereocenters. The highest BCUT2D eigenvalue weighted by molar-refractivity contribution is 5.66. The van der Waals surface area contributed by atoms with Crippen LogP contribution in [0.3, 0.4) is 0 Å². The van der Waals surface area contributed by atoms with Crippen LogP contribution in [0.5, 0.6) is 5.75 Å². The minimum atomic E-state index is -0.733. The van der Waals surface area contributed by atoms with Gasteiger partial charge < -0.3 is 10.2 Å². The van der Waals surface area contributed by atoms with E-state index in [2.05, 4.69) is 26.0 Å². The maximum absolute atomic E-state index is 10.8. The molecular weight excluding hydrogens is 360 g/mol. The summed E-state index contributed by atoms with van der Waals surface area (Å²) in [4.78, 5) is 10.8. The molecule has 0 aromatic heterocycles. The SMILES string of the molecule is CCCCCCCCc1cc(CCCC(=O)O)cc(CCCCCCCC)c1O. The van der Waals surface area contributed by atoms with Crippen LogP contribution >= 0.6 is 0 Å². The van der Waals surface area contributed by atoms with Gasteiger partial charge in [-0.05, 0) is 55.2 Å². The van der Waals surface area contributed by atoms with Crippen LogP contribution in [0.15, 0.2) is 12.1 Å². The van der Waals surface area contributed by atoms with Gasteiger partial charge in [-0.15, -0.1) is 0 Å². The van der Waals surface area contributed by atoms with Crippen molar-refractivity contribution < 1.29 is 15.0 Å². The highest BCUT2D eigenvalue weighted by Gasteiger charge is 2.11. The second kappa shape index (κ2) is 16.3. The molecule has 1 rings (SSSR count). The number of unbranched alkanes of at least 4 members (excludes halogenated alkanes) is 10. The number of aryl methyl sites for hydroxylation is 3. The summed E-state index contributed by atoms with van der Waals surface area (Å²) in [5.41, 5.74) is 3.31. The van der Waals surface area contributed by atoms with Crippen LogP contribution in [0.2, 0.25) is 0 Å². The van der Waals surface area contributed by atoms with Gasteiger partial charge in [-0.1, -0.05) is 90.2 Å². The Morgan fingerprint density at radius 3 is 1.59 bits per heavy atom. The lowest BCUT2D eigenvalue weighted by Gasteiger charge is -2.14. The number of benzene rings is 1. The van der Waals surface area contributed by atoms with Gasteiger partial charge in [0.15, 0.2) is 0 Å². The van der Waals surface area contributed by atoms with Crippen LogP contribution < -0.4 is 0 Å². The molecule has 1 aromatic carbocycles. The van der Waals surface area contributed by atoms with Crippen molar-refractivity contribution in [3.05, 3.63) is 28.8 Å². The summed E-state index contributed by atoms with van der Waals surface area (Å²) in [7, 11) is 0. The van der Waals surface area contributed by atoms with E-state index in [1.807, 2.05) is 0 Å². The first-order valence-electron chi connectivity index (χ1n) is 12.1. The average molecular weight is 405 g/mol. The summed E-state index contributed by atoms with van der Waals surface area (Å²) < 4.78 is 0. The summed E-state index contributed by atoms with van der Waals surface area (Å²) in [6, 6.07) is 4.24. The molecule has 0 saturated carbocycles. The van der Waals surface area contributed by atoms with Crippen LogP contribution in [0.25, 0.3) is 0 Å². The number of hydrogen-bond donors (Lipinski definition) is 2. The fourth-order valence-electron chi connectivity index (χ4n) is 3.99. The zero-order chi connectivity index (χ0) is 21.3. The molecule has 0 bridgehead atoms. The quantitative estimate of drug-likeness (QED) is 0.248. The molecular formula is C26H44O3. The van der Waals surface area contributed by atoms with Crippen molar-refractivity contribution in [1.82, 2.24) is 0 Å². The van der Waals surface area contributed by atoms with Crippen LogP contribution in [-0.2, 0) is 24.1 Å². The lowest BCUT2D eigenvalue weighted by molar-refractivity contribution is -0.137. The molecule has 166 valence electrons. The van der Waals surface area contributed by atoms with Crippen molar-refractivity contribution in [1.29, 1.82) is 0 Å². The van der Waals surface area contributed by atoms with Crippen molar-refractivity contribution in [2.45, 2.75) is 123 Å². The number of aromatic hydroxyl groups is 1. The minimum absolute atomic E-state index is 0.209. The Labute approximate surface area is 178 Å². The van der Waals surface area contributed by atoms with Gasteiger partial charge >= 0.3 is 5.97 Å². The predicted molar refractivity (Wildman–Crippen MR) is 123 cm³/mol. The Kier molecular flexibility index (Phi) is 14.4. The molecule has 0 radical (unpaired) electrons. The number of hydrogen-bond acceptors (Lipinski definition) is 2. The molecule has 0 aliphatic carbocycles. The van der Waals surface area contributed by atoms with E-state index in [0.717, 1.165) is 43.2 Å². The molecule has 0 aliphatic rings. The van der Waals surface area contributed by atoms with Crippen molar-refractivity contribution in [3.63, 3.8) is 0 Å². The van der Waals surface area contributed by atoms with E-state index in [9.17, 15) is 9.90 Å². The topological polar surface area (TPSA) is 57.5 Å². The summed E-state index contributed by atoms with van der Waals surface area (Å²) in [5.74, 6) is -0.238. The smallest absolute Gasteiger partial charge is 0.303 e. The van der Waals surface area contributed by atoms with Gasteiger partial charge in [0.2, 0.25) is 0 Å². The molecule has 0 atom stereocenters. The van der Waals surface area contributed by atoms with Crippen LogP contribution in [0.1, 0.15) is 120 Å². The Bertz CT molecular complexity index is 528. The van der Waals surface area contributed by atoms with Gasteiger partial charge in [-0.25, -0.2) is 0 Å². The number of phenolic OH excluding ortho intramolecular Hbond substituents is 1. The van der Waals surface area contributed by atoms with Crippen LogP contribution in [0.4, 0.5) is 0 Å². The van der Waals surface area contributed by atoms with Crippen molar-refractivity contribution in [2.24, 2.45) is 0 Å². The number of carboxylic acid groups (broad SMARTS) is 1. The van der Waals surface area contributed by atoms with Crippen LogP contribution in [0, 0.1) is 0 Å². The molecule has 2 N–H and O–H groups in total. The zero-order valence-corrected chi connectivity index (χ0v) is 19.0. The van der Waals surface area contributed by atoms with Crippen molar-refractivity contribution in [3.8, 4) is 5.75 Å². The standard InChI is InChI=1S/C26H44O3/c1-3-5-7-9-11-13-17-23-20-22(16-15-19-25(27)28)21-24(26(23)29)18-14-12-10-8-6-4-2/h20-21,29H,3-19H2,1-2H3,(H,27,28). The molecule has 3 heteroatoms. The van der Waals surface area contributed by atoms with E-state index in [1.54, 1.807) is 0 Å². The van der Waals surface area contributed by atoms with E-state index in [1.165, 1.54) is 69.8 Å². The summed E-state index contributed by atoms with van der Waals surface area (Å²) in [6.07, 6.45) is 18.5. The fraction of sp³-hybridized carbons (Fsp3) is 0.731. The van der Waals surface area contributed by atoms with Gasteiger partial charge in [0.1, 0.15) is 5.75 Å². The first kappa shape index (κ1) is 25.5. The second-order valence-electron chi connectivity index (χ2n) is 8.55. The number of carboxylic acids is 1. The van der Waals surface area contributed by atoms with E-state index in [4.69, 9.17) is 5.11 Å². The van der Waals surface area contributed by atoms with Gasteiger partial charge in [0.05, 0.1) is 0 Å². The van der Waals surface area contributed by atoms with Crippen LogP contribution in [-0.4, -0.2) is 16.2 Å².